The predicted octanol–water partition coefficient (Wildman–Crippen LogP) is 3.44. The second-order valence-corrected chi connectivity index (χ2v) is 5.78. The van der Waals surface area contributed by atoms with Crippen molar-refractivity contribution in [2.24, 2.45) is 0 Å². The van der Waals surface area contributed by atoms with E-state index in [1.165, 1.54) is 5.56 Å². The fourth-order valence-electron chi connectivity index (χ4n) is 3.07. The van der Waals surface area contributed by atoms with E-state index in [4.69, 9.17) is 9.15 Å². The Labute approximate surface area is 130 Å². The second kappa shape index (κ2) is 6.26. The number of carbonyl (C=O) groups is 1. The van der Waals surface area contributed by atoms with Gasteiger partial charge in [-0.15, -0.1) is 0 Å². The molecule has 2 aromatic rings. The zero-order valence-corrected chi connectivity index (χ0v) is 13.0. The third-order valence-electron chi connectivity index (χ3n) is 4.32. The van der Waals surface area contributed by atoms with E-state index in [0.29, 0.717) is 5.76 Å². The SMILES string of the molecule is COc1ccc(CC2CCCN2C(=O)c2occc2C)cc1. The molecule has 1 aliphatic rings. The van der Waals surface area contributed by atoms with Gasteiger partial charge in [-0.25, -0.2) is 0 Å². The summed E-state index contributed by atoms with van der Waals surface area (Å²) >= 11 is 0. The van der Waals surface area contributed by atoms with Gasteiger partial charge in [-0.1, -0.05) is 12.1 Å². The van der Waals surface area contributed by atoms with Gasteiger partial charge in [0.25, 0.3) is 5.91 Å². The zero-order valence-electron chi connectivity index (χ0n) is 13.0. The molecule has 1 aromatic carbocycles. The van der Waals surface area contributed by atoms with Crippen molar-refractivity contribution in [1.29, 1.82) is 0 Å². The summed E-state index contributed by atoms with van der Waals surface area (Å²) in [6.45, 7) is 2.71. The van der Waals surface area contributed by atoms with Crippen LogP contribution in [0.25, 0.3) is 0 Å². The highest BCUT2D eigenvalue weighted by Crippen LogP contribution is 2.25. The first-order chi connectivity index (χ1) is 10.7. The highest BCUT2D eigenvalue weighted by atomic mass is 16.5. The molecule has 0 bridgehead atoms. The predicted molar refractivity (Wildman–Crippen MR) is 84.2 cm³/mol. The highest BCUT2D eigenvalue weighted by molar-refractivity contribution is 5.93. The summed E-state index contributed by atoms with van der Waals surface area (Å²) in [5.74, 6) is 1.34. The second-order valence-electron chi connectivity index (χ2n) is 5.78. The van der Waals surface area contributed by atoms with Crippen molar-refractivity contribution in [3.8, 4) is 5.75 Å². The standard InChI is InChI=1S/C18H21NO3/c1-13-9-11-22-17(13)18(20)19-10-3-4-15(19)12-14-5-7-16(21-2)8-6-14/h5-9,11,15H,3-4,10,12H2,1-2H3. The number of furan rings is 1. The van der Waals surface area contributed by atoms with Gasteiger partial charge < -0.3 is 14.1 Å². The first-order valence-electron chi connectivity index (χ1n) is 7.67. The quantitative estimate of drug-likeness (QED) is 0.868. The van der Waals surface area contributed by atoms with Crippen molar-refractivity contribution in [3.63, 3.8) is 0 Å². The van der Waals surface area contributed by atoms with Crippen LogP contribution in [0.3, 0.4) is 0 Å². The Morgan fingerprint density at radius 1 is 1.32 bits per heavy atom. The Hall–Kier alpha value is -2.23. The largest absolute Gasteiger partial charge is 0.497 e. The van der Waals surface area contributed by atoms with Crippen LogP contribution in [-0.4, -0.2) is 30.5 Å². The maximum Gasteiger partial charge on any atom is 0.290 e. The van der Waals surface area contributed by atoms with E-state index in [1.54, 1.807) is 13.4 Å². The Balaban J connectivity index is 1.72. The molecule has 1 unspecified atom stereocenters. The topological polar surface area (TPSA) is 42.7 Å². The molecular formula is C18H21NO3. The van der Waals surface area contributed by atoms with Crippen molar-refractivity contribution in [1.82, 2.24) is 4.90 Å². The molecular weight excluding hydrogens is 278 g/mol. The normalized spacial score (nSPS) is 17.7. The monoisotopic (exact) mass is 299 g/mol. The Morgan fingerprint density at radius 3 is 2.73 bits per heavy atom. The van der Waals surface area contributed by atoms with Crippen molar-refractivity contribution in [2.75, 3.05) is 13.7 Å². The van der Waals surface area contributed by atoms with Gasteiger partial charge in [0, 0.05) is 18.2 Å². The summed E-state index contributed by atoms with van der Waals surface area (Å²) in [4.78, 5) is 14.6. The van der Waals surface area contributed by atoms with E-state index in [-0.39, 0.29) is 11.9 Å². The van der Waals surface area contributed by atoms with Gasteiger partial charge in [-0.3, -0.25) is 4.79 Å². The molecule has 22 heavy (non-hydrogen) atoms. The maximum atomic E-state index is 12.6. The number of likely N-dealkylation sites (tertiary alicyclic amines) is 1. The van der Waals surface area contributed by atoms with Crippen molar-refractivity contribution >= 4 is 5.91 Å². The molecule has 1 saturated heterocycles. The minimum Gasteiger partial charge on any atom is -0.497 e. The lowest BCUT2D eigenvalue weighted by Crippen LogP contribution is -2.36. The molecule has 0 saturated carbocycles. The van der Waals surface area contributed by atoms with Crippen LogP contribution < -0.4 is 4.74 Å². The molecule has 0 spiro atoms. The van der Waals surface area contributed by atoms with E-state index in [9.17, 15) is 4.79 Å². The van der Waals surface area contributed by atoms with Gasteiger partial charge in [-0.2, -0.15) is 0 Å². The van der Waals surface area contributed by atoms with Gasteiger partial charge in [0.2, 0.25) is 0 Å². The van der Waals surface area contributed by atoms with Gasteiger partial charge in [0.15, 0.2) is 5.76 Å². The molecule has 116 valence electrons. The third-order valence-corrected chi connectivity index (χ3v) is 4.32. The average Bonchev–Trinajstić information content (AvgIpc) is 3.16. The van der Waals surface area contributed by atoms with Crippen LogP contribution in [0.2, 0.25) is 0 Å². The van der Waals surface area contributed by atoms with Crippen LogP contribution in [-0.2, 0) is 6.42 Å². The van der Waals surface area contributed by atoms with Crippen LogP contribution in [0.15, 0.2) is 41.0 Å². The molecule has 1 amide bonds. The fraction of sp³-hybridized carbons (Fsp3) is 0.389. The number of hydrogen-bond donors (Lipinski definition) is 0. The van der Waals surface area contributed by atoms with Crippen LogP contribution in [0.1, 0.15) is 34.5 Å². The molecule has 2 heterocycles. The summed E-state index contributed by atoms with van der Waals surface area (Å²) in [5.41, 5.74) is 2.13. The molecule has 1 aliphatic heterocycles. The number of aryl methyl sites for hydroxylation is 1. The van der Waals surface area contributed by atoms with Crippen LogP contribution in [0.4, 0.5) is 0 Å². The van der Waals surface area contributed by atoms with Crippen molar-refractivity contribution in [2.45, 2.75) is 32.2 Å². The number of benzene rings is 1. The maximum absolute atomic E-state index is 12.6. The van der Waals surface area contributed by atoms with Gasteiger partial charge >= 0.3 is 0 Å². The molecule has 0 aliphatic carbocycles. The number of rotatable bonds is 4. The van der Waals surface area contributed by atoms with E-state index in [0.717, 1.165) is 37.1 Å². The van der Waals surface area contributed by atoms with Crippen LogP contribution in [0, 0.1) is 6.92 Å². The zero-order chi connectivity index (χ0) is 15.5. The van der Waals surface area contributed by atoms with E-state index in [2.05, 4.69) is 12.1 Å². The number of carbonyl (C=O) groups excluding carboxylic acids is 1. The van der Waals surface area contributed by atoms with Crippen molar-refractivity contribution < 1.29 is 13.9 Å². The molecule has 1 fully saturated rings. The summed E-state index contributed by atoms with van der Waals surface area (Å²) < 4.78 is 10.5. The minimum atomic E-state index is 0.0125. The number of methoxy groups -OCH3 is 1. The molecule has 0 radical (unpaired) electrons. The first-order valence-corrected chi connectivity index (χ1v) is 7.67. The van der Waals surface area contributed by atoms with Gasteiger partial charge in [0.1, 0.15) is 5.75 Å². The molecule has 4 heteroatoms. The lowest BCUT2D eigenvalue weighted by Gasteiger charge is -2.24. The summed E-state index contributed by atoms with van der Waals surface area (Å²) in [6, 6.07) is 10.1. The lowest BCUT2D eigenvalue weighted by atomic mass is 10.0. The average molecular weight is 299 g/mol. The summed E-state index contributed by atoms with van der Waals surface area (Å²) in [5, 5.41) is 0. The Morgan fingerprint density at radius 2 is 2.09 bits per heavy atom. The van der Waals surface area contributed by atoms with Gasteiger partial charge in [0.05, 0.1) is 13.4 Å². The molecule has 1 aromatic heterocycles. The molecule has 1 atom stereocenters. The lowest BCUT2D eigenvalue weighted by molar-refractivity contribution is 0.0703. The van der Waals surface area contributed by atoms with Crippen molar-refractivity contribution in [3.05, 3.63) is 53.5 Å². The number of amides is 1. The molecule has 4 nitrogen and oxygen atoms in total. The number of nitrogens with zero attached hydrogens (tertiary/aromatic N) is 1. The Kier molecular flexibility index (Phi) is 4.18. The number of ether oxygens (including phenoxy) is 1. The number of hydrogen-bond acceptors (Lipinski definition) is 3. The van der Waals surface area contributed by atoms with E-state index < -0.39 is 0 Å². The van der Waals surface area contributed by atoms with E-state index >= 15 is 0 Å². The summed E-state index contributed by atoms with van der Waals surface area (Å²) in [7, 11) is 1.66. The Bertz CT molecular complexity index is 645. The van der Waals surface area contributed by atoms with Gasteiger partial charge in [-0.05, 0) is 49.9 Å². The minimum absolute atomic E-state index is 0.0125. The molecule has 3 rings (SSSR count). The fourth-order valence-corrected chi connectivity index (χ4v) is 3.07. The summed E-state index contributed by atoms with van der Waals surface area (Å²) in [6.07, 6.45) is 4.54. The first kappa shape index (κ1) is 14.7. The van der Waals surface area contributed by atoms with E-state index in [1.807, 2.05) is 30.0 Å². The third kappa shape index (κ3) is 2.86. The van der Waals surface area contributed by atoms with Crippen LogP contribution in [0.5, 0.6) is 5.75 Å². The van der Waals surface area contributed by atoms with Crippen LogP contribution >= 0.6 is 0 Å². The highest BCUT2D eigenvalue weighted by Gasteiger charge is 2.31. The smallest absolute Gasteiger partial charge is 0.290 e. The molecule has 0 N–H and O–H groups in total.